The summed E-state index contributed by atoms with van der Waals surface area (Å²) in [6.07, 6.45) is 0.723. The van der Waals surface area contributed by atoms with Gasteiger partial charge in [0, 0.05) is 11.4 Å². The molecule has 0 spiro atoms. The summed E-state index contributed by atoms with van der Waals surface area (Å²) >= 11 is 1.47. The fraction of sp³-hybridized carbons (Fsp3) is 0.545. The van der Waals surface area contributed by atoms with Gasteiger partial charge in [-0.25, -0.2) is 9.78 Å². The zero-order chi connectivity index (χ0) is 13.5. The zero-order valence-corrected chi connectivity index (χ0v) is 11.3. The first kappa shape index (κ1) is 14.4. The van der Waals surface area contributed by atoms with Gasteiger partial charge in [0.15, 0.2) is 0 Å². The van der Waals surface area contributed by atoms with Crippen LogP contribution in [0.15, 0.2) is 5.51 Å². The summed E-state index contributed by atoms with van der Waals surface area (Å²) in [6.45, 7) is 4.31. The average Bonchev–Trinajstić information content (AvgIpc) is 2.70. The van der Waals surface area contributed by atoms with Crippen LogP contribution < -0.4 is 5.32 Å². The molecule has 0 aliphatic carbocycles. The number of aryl methyl sites for hydroxylation is 1. The molecule has 0 bridgehead atoms. The highest BCUT2D eigenvalue weighted by atomic mass is 32.1. The fourth-order valence-electron chi connectivity index (χ4n) is 1.45. The lowest BCUT2D eigenvalue weighted by Crippen LogP contribution is -2.42. The minimum atomic E-state index is -1.01. The molecule has 2 N–H and O–H groups in total. The summed E-state index contributed by atoms with van der Waals surface area (Å²) in [5.41, 5.74) is 2.61. The molecule has 0 radical (unpaired) electrons. The Morgan fingerprint density at radius 1 is 1.56 bits per heavy atom. The maximum absolute atomic E-state index is 11.8. The smallest absolute Gasteiger partial charge is 0.323 e. The Morgan fingerprint density at radius 2 is 2.28 bits per heavy atom. The second kappa shape index (κ2) is 6.95. The number of carboxylic acid groups (broad SMARTS) is 1. The average molecular weight is 271 g/mol. The van der Waals surface area contributed by atoms with Gasteiger partial charge in [-0.15, -0.1) is 11.3 Å². The number of rotatable bonds is 6. The number of thiazole rings is 1. The summed E-state index contributed by atoms with van der Waals surface area (Å²) in [7, 11) is 0. The highest BCUT2D eigenvalue weighted by Gasteiger charge is 2.15. The van der Waals surface area contributed by atoms with E-state index in [1.165, 1.54) is 16.2 Å². The predicted octanol–water partition coefficient (Wildman–Crippen LogP) is 1.46. The van der Waals surface area contributed by atoms with Crippen molar-refractivity contribution < 1.29 is 14.7 Å². The number of urea groups is 1. The molecule has 18 heavy (non-hydrogen) atoms. The van der Waals surface area contributed by atoms with E-state index in [-0.39, 0.29) is 12.6 Å². The van der Waals surface area contributed by atoms with Gasteiger partial charge in [-0.3, -0.25) is 4.79 Å². The number of nitrogens with one attached hydrogen (secondary N) is 1. The van der Waals surface area contributed by atoms with Crippen molar-refractivity contribution >= 4 is 23.3 Å². The summed E-state index contributed by atoms with van der Waals surface area (Å²) < 4.78 is 0. The number of nitrogens with zero attached hydrogens (tertiary/aromatic N) is 2. The summed E-state index contributed by atoms with van der Waals surface area (Å²) in [4.78, 5) is 28.8. The number of carbonyl (C=O) groups excluding carboxylic acids is 1. The summed E-state index contributed by atoms with van der Waals surface area (Å²) in [6, 6.07) is -0.355. The highest BCUT2D eigenvalue weighted by Crippen LogP contribution is 2.11. The van der Waals surface area contributed by atoms with Crippen LogP contribution in [0.2, 0.25) is 0 Å². The monoisotopic (exact) mass is 271 g/mol. The van der Waals surface area contributed by atoms with Crippen molar-refractivity contribution in [1.82, 2.24) is 15.2 Å². The molecule has 100 valence electrons. The second-order valence-electron chi connectivity index (χ2n) is 3.83. The van der Waals surface area contributed by atoms with Gasteiger partial charge in [0.05, 0.1) is 17.7 Å². The first-order valence-electron chi connectivity index (χ1n) is 5.68. The molecule has 1 aromatic heterocycles. The van der Waals surface area contributed by atoms with E-state index < -0.39 is 5.97 Å². The molecule has 1 aromatic rings. The van der Waals surface area contributed by atoms with Crippen LogP contribution >= 0.6 is 11.3 Å². The van der Waals surface area contributed by atoms with Crippen LogP contribution in [0.4, 0.5) is 4.79 Å². The van der Waals surface area contributed by atoms with Gasteiger partial charge in [0.2, 0.25) is 0 Å². The third kappa shape index (κ3) is 4.33. The Hall–Kier alpha value is -1.63. The number of aromatic nitrogens is 1. The maximum atomic E-state index is 11.8. The van der Waals surface area contributed by atoms with E-state index in [2.05, 4.69) is 10.3 Å². The molecule has 0 aliphatic rings. The van der Waals surface area contributed by atoms with Crippen molar-refractivity contribution in [3.63, 3.8) is 0 Å². The van der Waals surface area contributed by atoms with Gasteiger partial charge in [0.25, 0.3) is 0 Å². The van der Waals surface area contributed by atoms with Crippen molar-refractivity contribution in [1.29, 1.82) is 0 Å². The van der Waals surface area contributed by atoms with E-state index in [0.717, 1.165) is 17.0 Å². The summed E-state index contributed by atoms with van der Waals surface area (Å²) in [5, 5.41) is 11.4. The molecule has 1 heterocycles. The second-order valence-corrected chi connectivity index (χ2v) is 4.77. The number of amides is 2. The number of hydrogen-bond donors (Lipinski definition) is 2. The Balaban J connectivity index is 2.51. The minimum Gasteiger partial charge on any atom is -0.480 e. The quantitative estimate of drug-likeness (QED) is 0.820. The Morgan fingerprint density at radius 3 is 2.78 bits per heavy atom. The molecular formula is C11H17N3O3S. The molecule has 0 atom stereocenters. The molecule has 0 aliphatic heterocycles. The van der Waals surface area contributed by atoms with E-state index >= 15 is 0 Å². The van der Waals surface area contributed by atoms with Gasteiger partial charge in [-0.2, -0.15) is 0 Å². The Bertz CT molecular complexity index is 419. The predicted molar refractivity (Wildman–Crippen MR) is 68.6 cm³/mol. The van der Waals surface area contributed by atoms with E-state index in [1.54, 1.807) is 5.51 Å². The Kier molecular flexibility index (Phi) is 5.57. The van der Waals surface area contributed by atoms with Crippen LogP contribution in [0.3, 0.4) is 0 Å². The maximum Gasteiger partial charge on any atom is 0.323 e. The lowest BCUT2D eigenvalue weighted by atomic mass is 10.4. The molecule has 0 saturated carbocycles. The number of aliphatic carboxylic acids is 1. The highest BCUT2D eigenvalue weighted by molar-refractivity contribution is 7.09. The first-order chi connectivity index (χ1) is 8.54. The van der Waals surface area contributed by atoms with E-state index in [4.69, 9.17) is 5.11 Å². The van der Waals surface area contributed by atoms with Gasteiger partial charge in [-0.05, 0) is 13.3 Å². The lowest BCUT2D eigenvalue weighted by Gasteiger charge is -2.20. The molecule has 7 heteroatoms. The van der Waals surface area contributed by atoms with E-state index in [0.29, 0.717) is 13.1 Å². The van der Waals surface area contributed by atoms with Crippen LogP contribution in [0.25, 0.3) is 0 Å². The number of carbonyl (C=O) groups is 2. The molecule has 0 aromatic carbocycles. The number of carboxylic acids is 1. The van der Waals surface area contributed by atoms with Crippen LogP contribution in [0.1, 0.15) is 23.9 Å². The van der Waals surface area contributed by atoms with Gasteiger partial charge in [-0.1, -0.05) is 6.92 Å². The summed E-state index contributed by atoms with van der Waals surface area (Å²) in [5.74, 6) is -1.01. The van der Waals surface area contributed by atoms with Crippen LogP contribution in [-0.4, -0.2) is 40.1 Å². The first-order valence-corrected chi connectivity index (χ1v) is 6.56. The van der Waals surface area contributed by atoms with Gasteiger partial charge >= 0.3 is 12.0 Å². The molecule has 0 fully saturated rings. The fourth-order valence-corrected chi connectivity index (χ4v) is 2.17. The zero-order valence-electron chi connectivity index (χ0n) is 10.5. The molecule has 1 rings (SSSR count). The normalized spacial score (nSPS) is 10.1. The van der Waals surface area contributed by atoms with Crippen LogP contribution in [0, 0.1) is 6.92 Å². The van der Waals surface area contributed by atoms with Crippen molar-refractivity contribution in [2.45, 2.75) is 26.8 Å². The van der Waals surface area contributed by atoms with Crippen LogP contribution in [-0.2, 0) is 11.3 Å². The molecular weight excluding hydrogens is 254 g/mol. The topological polar surface area (TPSA) is 82.5 Å². The molecule has 0 unspecified atom stereocenters. The van der Waals surface area contributed by atoms with Gasteiger partial charge in [0.1, 0.15) is 6.54 Å². The van der Waals surface area contributed by atoms with Gasteiger partial charge < -0.3 is 15.3 Å². The largest absolute Gasteiger partial charge is 0.480 e. The molecule has 0 saturated heterocycles. The molecule has 6 nitrogen and oxygen atoms in total. The van der Waals surface area contributed by atoms with Crippen molar-refractivity contribution in [3.8, 4) is 0 Å². The third-order valence-corrected chi connectivity index (χ3v) is 3.29. The van der Waals surface area contributed by atoms with Crippen LogP contribution in [0.5, 0.6) is 0 Å². The van der Waals surface area contributed by atoms with E-state index in [1.807, 2.05) is 13.8 Å². The van der Waals surface area contributed by atoms with E-state index in [9.17, 15) is 9.59 Å². The Labute approximate surface area is 110 Å². The van der Waals surface area contributed by atoms with Crippen molar-refractivity contribution in [3.05, 3.63) is 16.1 Å². The minimum absolute atomic E-state index is 0.276. The SMILES string of the molecule is CCCN(CC(=O)O)C(=O)NCc1scnc1C. The van der Waals surface area contributed by atoms with Crippen molar-refractivity contribution in [2.24, 2.45) is 0 Å². The van der Waals surface area contributed by atoms with Crippen molar-refractivity contribution in [2.75, 3.05) is 13.1 Å². The molecule has 2 amide bonds. The third-order valence-electron chi connectivity index (χ3n) is 2.35. The lowest BCUT2D eigenvalue weighted by molar-refractivity contribution is -0.137. The standard InChI is InChI=1S/C11H17N3O3S/c1-3-4-14(6-10(15)16)11(17)12-5-9-8(2)13-7-18-9/h7H,3-6H2,1-2H3,(H,12,17)(H,15,16). The number of hydrogen-bond acceptors (Lipinski definition) is 4.